The van der Waals surface area contributed by atoms with E-state index in [0.29, 0.717) is 5.75 Å². The van der Waals surface area contributed by atoms with Crippen molar-refractivity contribution in [1.82, 2.24) is 0 Å². The number of thioether (sulfide) groups is 1. The molecule has 0 saturated heterocycles. The molecule has 0 bridgehead atoms. The number of amides is 1. The number of aliphatic hydroxyl groups is 1. The van der Waals surface area contributed by atoms with E-state index in [-0.39, 0.29) is 17.9 Å². The summed E-state index contributed by atoms with van der Waals surface area (Å²) in [6, 6.07) is 6.14. The van der Waals surface area contributed by atoms with Crippen LogP contribution in [-0.2, 0) is 10.2 Å². The number of hydrogen-bond acceptors (Lipinski definition) is 3. The van der Waals surface area contributed by atoms with Crippen LogP contribution in [-0.4, -0.2) is 23.4 Å². The fourth-order valence-electron chi connectivity index (χ4n) is 2.55. The van der Waals surface area contributed by atoms with Gasteiger partial charge in [-0.3, -0.25) is 4.79 Å². The monoisotopic (exact) mass is 249 g/mol. The van der Waals surface area contributed by atoms with Gasteiger partial charge in [0.2, 0.25) is 5.91 Å². The Morgan fingerprint density at radius 2 is 2.24 bits per heavy atom. The molecule has 3 rings (SSSR count). The van der Waals surface area contributed by atoms with Crippen LogP contribution in [0.5, 0.6) is 0 Å². The van der Waals surface area contributed by atoms with Crippen molar-refractivity contribution in [2.75, 3.05) is 17.7 Å². The second kappa shape index (κ2) is 4.03. The minimum atomic E-state index is -0.0168. The number of carbonyl (C=O) groups excluding carboxylic acids is 1. The normalized spacial score (nSPS) is 21.4. The number of carbonyl (C=O) groups is 1. The van der Waals surface area contributed by atoms with Gasteiger partial charge in [0.1, 0.15) is 0 Å². The molecule has 1 amide bonds. The smallest absolute Gasteiger partial charge is 0.234 e. The first-order valence-electron chi connectivity index (χ1n) is 5.92. The van der Waals surface area contributed by atoms with Crippen LogP contribution in [0.25, 0.3) is 0 Å². The molecule has 0 spiro atoms. The molecule has 1 heterocycles. The number of hydrogen-bond donors (Lipinski definition) is 2. The lowest BCUT2D eigenvalue weighted by Crippen LogP contribution is -2.38. The largest absolute Gasteiger partial charge is 0.395 e. The maximum absolute atomic E-state index is 11.3. The van der Waals surface area contributed by atoms with Crippen molar-refractivity contribution in [3.05, 3.63) is 23.8 Å². The number of rotatable bonds is 2. The van der Waals surface area contributed by atoms with Gasteiger partial charge in [0.25, 0.3) is 0 Å². The zero-order valence-electron chi connectivity index (χ0n) is 9.53. The van der Waals surface area contributed by atoms with Crippen molar-refractivity contribution in [3.8, 4) is 0 Å². The van der Waals surface area contributed by atoms with Gasteiger partial charge in [0.15, 0.2) is 0 Å². The molecular formula is C13H15NO2S. The average Bonchev–Trinajstić information content (AvgIpc) is 2.28. The van der Waals surface area contributed by atoms with Gasteiger partial charge in [-0.15, -0.1) is 11.8 Å². The molecule has 90 valence electrons. The molecule has 0 radical (unpaired) electrons. The Bertz CT molecular complexity index is 463. The molecule has 4 heteroatoms. The fraction of sp³-hybridized carbons (Fsp3) is 0.462. The van der Waals surface area contributed by atoms with Crippen molar-refractivity contribution >= 4 is 23.4 Å². The number of benzene rings is 1. The van der Waals surface area contributed by atoms with Crippen molar-refractivity contribution in [1.29, 1.82) is 0 Å². The molecule has 0 unspecified atom stereocenters. The SMILES string of the molecule is O=C1CSc2cc(C3(CO)CCC3)ccc2N1. The minimum absolute atomic E-state index is 0.0168. The summed E-state index contributed by atoms with van der Waals surface area (Å²) in [6.45, 7) is 0.225. The van der Waals surface area contributed by atoms with E-state index in [1.807, 2.05) is 12.1 Å². The van der Waals surface area contributed by atoms with Crippen LogP contribution in [0.4, 0.5) is 5.69 Å². The number of anilines is 1. The summed E-state index contributed by atoms with van der Waals surface area (Å²) in [5, 5.41) is 12.4. The molecule has 1 aromatic carbocycles. The quantitative estimate of drug-likeness (QED) is 0.844. The molecule has 1 saturated carbocycles. The summed E-state index contributed by atoms with van der Waals surface area (Å²) in [6.07, 6.45) is 3.33. The molecule has 1 aliphatic heterocycles. The maximum atomic E-state index is 11.3. The van der Waals surface area contributed by atoms with Crippen LogP contribution < -0.4 is 5.32 Å². The van der Waals surface area contributed by atoms with Gasteiger partial charge in [-0.25, -0.2) is 0 Å². The third kappa shape index (κ3) is 1.76. The first-order chi connectivity index (χ1) is 8.23. The van der Waals surface area contributed by atoms with E-state index in [1.54, 1.807) is 11.8 Å². The highest BCUT2D eigenvalue weighted by Crippen LogP contribution is 2.45. The van der Waals surface area contributed by atoms with E-state index in [9.17, 15) is 9.90 Å². The molecule has 2 N–H and O–H groups in total. The lowest BCUT2D eigenvalue weighted by molar-refractivity contribution is -0.113. The van der Waals surface area contributed by atoms with Crippen LogP contribution >= 0.6 is 11.8 Å². The van der Waals surface area contributed by atoms with Crippen LogP contribution in [0.2, 0.25) is 0 Å². The lowest BCUT2D eigenvalue weighted by Gasteiger charge is -2.41. The molecule has 1 aromatic rings. The van der Waals surface area contributed by atoms with Gasteiger partial charge < -0.3 is 10.4 Å². The second-order valence-corrected chi connectivity index (χ2v) is 5.86. The fourth-order valence-corrected chi connectivity index (χ4v) is 3.39. The molecule has 3 nitrogen and oxygen atoms in total. The topological polar surface area (TPSA) is 49.3 Å². The van der Waals surface area contributed by atoms with Gasteiger partial charge in [-0.05, 0) is 30.5 Å². The highest BCUT2D eigenvalue weighted by Gasteiger charge is 2.38. The lowest BCUT2D eigenvalue weighted by atomic mass is 9.65. The van der Waals surface area contributed by atoms with Crippen LogP contribution in [0, 0.1) is 0 Å². The van der Waals surface area contributed by atoms with Gasteiger partial charge >= 0.3 is 0 Å². The van der Waals surface area contributed by atoms with Crippen molar-refractivity contribution in [3.63, 3.8) is 0 Å². The first kappa shape index (κ1) is 11.1. The standard InChI is InChI=1S/C13H15NO2S/c15-8-13(4-1-5-13)9-2-3-10-11(6-9)17-7-12(16)14-10/h2-3,6,15H,1,4-5,7-8H2,(H,14,16). The van der Waals surface area contributed by atoms with E-state index in [1.165, 1.54) is 12.0 Å². The third-order valence-corrected chi connectivity index (χ3v) is 4.90. The molecule has 17 heavy (non-hydrogen) atoms. The first-order valence-corrected chi connectivity index (χ1v) is 6.90. The predicted molar refractivity (Wildman–Crippen MR) is 68.4 cm³/mol. The average molecular weight is 249 g/mol. The molecule has 1 aliphatic carbocycles. The van der Waals surface area contributed by atoms with Gasteiger partial charge in [-0.2, -0.15) is 0 Å². The van der Waals surface area contributed by atoms with Gasteiger partial charge in [0, 0.05) is 10.3 Å². The van der Waals surface area contributed by atoms with E-state index in [4.69, 9.17) is 0 Å². The molecule has 0 atom stereocenters. The Kier molecular flexibility index (Phi) is 2.64. The Hall–Kier alpha value is -1.00. The second-order valence-electron chi connectivity index (χ2n) is 4.84. The predicted octanol–water partition coefficient (Wildman–Crippen LogP) is 2.14. The highest BCUT2D eigenvalue weighted by molar-refractivity contribution is 8.00. The van der Waals surface area contributed by atoms with Crippen LogP contribution in [0.1, 0.15) is 24.8 Å². The van der Waals surface area contributed by atoms with Crippen molar-refractivity contribution in [2.45, 2.75) is 29.6 Å². The molecular weight excluding hydrogens is 234 g/mol. The van der Waals surface area contributed by atoms with Crippen LogP contribution in [0.3, 0.4) is 0 Å². The zero-order valence-corrected chi connectivity index (χ0v) is 10.3. The Morgan fingerprint density at radius 3 is 2.88 bits per heavy atom. The Labute approximate surface area is 105 Å². The van der Waals surface area contributed by atoms with Gasteiger partial charge in [-0.1, -0.05) is 12.5 Å². The molecule has 1 fully saturated rings. The summed E-state index contributed by atoms with van der Waals surface area (Å²) in [5.41, 5.74) is 2.10. The van der Waals surface area contributed by atoms with E-state index < -0.39 is 0 Å². The Morgan fingerprint density at radius 1 is 1.41 bits per heavy atom. The summed E-state index contributed by atoms with van der Waals surface area (Å²) in [5.74, 6) is 0.554. The van der Waals surface area contributed by atoms with Gasteiger partial charge in [0.05, 0.1) is 18.0 Å². The molecule has 0 aromatic heterocycles. The Balaban J connectivity index is 1.96. The van der Waals surface area contributed by atoms with Crippen LogP contribution in [0.15, 0.2) is 23.1 Å². The highest BCUT2D eigenvalue weighted by atomic mass is 32.2. The van der Waals surface area contributed by atoms with E-state index in [2.05, 4.69) is 11.4 Å². The minimum Gasteiger partial charge on any atom is -0.395 e. The summed E-state index contributed by atoms with van der Waals surface area (Å²) in [7, 11) is 0. The summed E-state index contributed by atoms with van der Waals surface area (Å²) >= 11 is 1.58. The third-order valence-electron chi connectivity index (χ3n) is 3.84. The summed E-state index contributed by atoms with van der Waals surface area (Å²) in [4.78, 5) is 12.4. The molecule has 2 aliphatic rings. The number of nitrogens with one attached hydrogen (secondary N) is 1. The van der Waals surface area contributed by atoms with Crippen molar-refractivity contribution in [2.24, 2.45) is 0 Å². The number of fused-ring (bicyclic) bond motifs is 1. The van der Waals surface area contributed by atoms with E-state index >= 15 is 0 Å². The summed E-state index contributed by atoms with van der Waals surface area (Å²) < 4.78 is 0. The number of aliphatic hydroxyl groups excluding tert-OH is 1. The van der Waals surface area contributed by atoms with E-state index in [0.717, 1.165) is 23.4 Å². The van der Waals surface area contributed by atoms with Crippen molar-refractivity contribution < 1.29 is 9.90 Å². The maximum Gasteiger partial charge on any atom is 0.234 e. The zero-order chi connectivity index (χ0) is 11.9.